The summed E-state index contributed by atoms with van der Waals surface area (Å²) >= 11 is 0. The van der Waals surface area contributed by atoms with Crippen molar-refractivity contribution in [2.45, 2.75) is 50.9 Å². The van der Waals surface area contributed by atoms with Gasteiger partial charge in [0, 0.05) is 12.6 Å². The standard InChI is InChI=1S/C16H22F3N3O.HI/c17-16(18,19)23-14-9-5-4-6-12(14)10-11-21-15(20)22-13-7-2-1-3-8-13;/h4-6,9,13H,1-3,7-8,10-11H2,(H3,20,21,22);1H. The SMILES string of the molecule is I.NC(=NCCc1ccccc1OC(F)(F)F)NC1CCCCC1. The molecule has 1 fully saturated rings. The van der Waals surface area contributed by atoms with Gasteiger partial charge in [-0.2, -0.15) is 0 Å². The number of nitrogens with one attached hydrogen (secondary N) is 1. The summed E-state index contributed by atoms with van der Waals surface area (Å²) in [6, 6.07) is 6.43. The summed E-state index contributed by atoms with van der Waals surface area (Å²) in [6.45, 7) is 0.309. The van der Waals surface area contributed by atoms with Gasteiger partial charge in [-0.05, 0) is 30.9 Å². The normalized spacial score (nSPS) is 16.4. The van der Waals surface area contributed by atoms with Crippen molar-refractivity contribution in [3.05, 3.63) is 29.8 Å². The summed E-state index contributed by atoms with van der Waals surface area (Å²) in [5, 5.41) is 3.17. The lowest BCUT2D eigenvalue weighted by Crippen LogP contribution is -2.41. The number of ether oxygens (including phenoxy) is 1. The van der Waals surface area contributed by atoms with Gasteiger partial charge in [-0.25, -0.2) is 0 Å². The molecule has 136 valence electrons. The Morgan fingerprint density at radius 3 is 2.54 bits per heavy atom. The molecule has 0 unspecified atom stereocenters. The largest absolute Gasteiger partial charge is 0.573 e. The van der Waals surface area contributed by atoms with Gasteiger partial charge in [0.05, 0.1) is 0 Å². The molecular weight excluding hydrogens is 434 g/mol. The first-order valence-corrected chi connectivity index (χ1v) is 7.84. The van der Waals surface area contributed by atoms with E-state index in [-0.39, 0.29) is 29.7 Å². The summed E-state index contributed by atoms with van der Waals surface area (Å²) in [4.78, 5) is 4.20. The number of guanidine groups is 1. The van der Waals surface area contributed by atoms with Gasteiger partial charge in [0.1, 0.15) is 5.75 Å². The van der Waals surface area contributed by atoms with Crippen LogP contribution in [0.15, 0.2) is 29.3 Å². The summed E-state index contributed by atoms with van der Waals surface area (Å²) in [6.07, 6.45) is 1.43. The number of halogens is 4. The summed E-state index contributed by atoms with van der Waals surface area (Å²) in [5.41, 5.74) is 6.29. The predicted octanol–water partition coefficient (Wildman–Crippen LogP) is 3.98. The van der Waals surface area contributed by atoms with E-state index in [1.165, 1.54) is 31.4 Å². The molecule has 0 radical (unpaired) electrons. The van der Waals surface area contributed by atoms with Crippen molar-refractivity contribution < 1.29 is 17.9 Å². The highest BCUT2D eigenvalue weighted by Gasteiger charge is 2.31. The van der Waals surface area contributed by atoms with Gasteiger partial charge < -0.3 is 15.8 Å². The number of aliphatic imine (C=N–C) groups is 1. The zero-order valence-corrected chi connectivity index (χ0v) is 15.6. The quantitative estimate of drug-likeness (QED) is 0.400. The van der Waals surface area contributed by atoms with Gasteiger partial charge in [0.25, 0.3) is 0 Å². The van der Waals surface area contributed by atoms with Crippen LogP contribution in [-0.4, -0.2) is 24.9 Å². The molecule has 0 amide bonds. The second-order valence-corrected chi connectivity index (χ2v) is 5.65. The molecule has 0 aromatic heterocycles. The molecule has 1 aromatic carbocycles. The van der Waals surface area contributed by atoms with Gasteiger partial charge in [-0.3, -0.25) is 4.99 Å². The van der Waals surface area contributed by atoms with Gasteiger partial charge in [0.2, 0.25) is 0 Å². The molecule has 1 aliphatic rings. The van der Waals surface area contributed by atoms with E-state index in [9.17, 15) is 13.2 Å². The molecule has 0 aliphatic heterocycles. The monoisotopic (exact) mass is 457 g/mol. The topological polar surface area (TPSA) is 59.6 Å². The number of para-hydroxylation sites is 1. The molecule has 1 aliphatic carbocycles. The molecule has 24 heavy (non-hydrogen) atoms. The van der Waals surface area contributed by atoms with Gasteiger partial charge in [0.15, 0.2) is 5.96 Å². The summed E-state index contributed by atoms with van der Waals surface area (Å²) in [7, 11) is 0. The Morgan fingerprint density at radius 2 is 1.88 bits per heavy atom. The molecule has 1 saturated carbocycles. The minimum Gasteiger partial charge on any atom is -0.406 e. The van der Waals surface area contributed by atoms with Crippen LogP contribution < -0.4 is 15.8 Å². The second kappa shape index (κ2) is 9.95. The van der Waals surface area contributed by atoms with Crippen LogP contribution in [0.1, 0.15) is 37.7 Å². The average molecular weight is 457 g/mol. The fourth-order valence-corrected chi connectivity index (χ4v) is 2.73. The molecule has 2 rings (SSSR count). The first-order valence-electron chi connectivity index (χ1n) is 7.84. The van der Waals surface area contributed by atoms with Crippen molar-refractivity contribution in [1.29, 1.82) is 0 Å². The Labute approximate surface area is 157 Å². The average Bonchev–Trinajstić information content (AvgIpc) is 2.48. The van der Waals surface area contributed by atoms with Crippen molar-refractivity contribution in [3.63, 3.8) is 0 Å². The zero-order valence-electron chi connectivity index (χ0n) is 13.3. The minimum atomic E-state index is -4.69. The van der Waals surface area contributed by atoms with Crippen LogP contribution in [0.2, 0.25) is 0 Å². The molecule has 0 atom stereocenters. The minimum absolute atomic E-state index is 0. The van der Waals surface area contributed by atoms with Crippen molar-refractivity contribution in [1.82, 2.24) is 5.32 Å². The smallest absolute Gasteiger partial charge is 0.406 e. The maximum atomic E-state index is 12.4. The van der Waals surface area contributed by atoms with Crippen molar-refractivity contribution in [3.8, 4) is 5.75 Å². The van der Waals surface area contributed by atoms with E-state index in [0.717, 1.165) is 12.8 Å². The molecule has 1 aromatic rings. The van der Waals surface area contributed by atoms with Gasteiger partial charge >= 0.3 is 6.36 Å². The van der Waals surface area contributed by atoms with Crippen LogP contribution in [0.25, 0.3) is 0 Å². The number of nitrogens with two attached hydrogens (primary N) is 1. The Hall–Kier alpha value is -1.19. The number of hydrogen-bond acceptors (Lipinski definition) is 2. The Balaban J connectivity index is 0.00000288. The third kappa shape index (κ3) is 7.59. The van der Waals surface area contributed by atoms with E-state index in [1.54, 1.807) is 12.1 Å². The zero-order chi connectivity index (χ0) is 16.7. The third-order valence-corrected chi connectivity index (χ3v) is 3.82. The summed E-state index contributed by atoms with van der Waals surface area (Å²) < 4.78 is 41.1. The summed E-state index contributed by atoms with van der Waals surface area (Å²) in [5.74, 6) is 0.167. The molecule has 0 saturated heterocycles. The number of nitrogens with zero attached hydrogens (tertiary/aromatic N) is 1. The first kappa shape index (κ1) is 20.9. The maximum Gasteiger partial charge on any atom is 0.573 e. The molecule has 8 heteroatoms. The highest BCUT2D eigenvalue weighted by molar-refractivity contribution is 14.0. The highest BCUT2D eigenvalue weighted by Crippen LogP contribution is 2.26. The highest BCUT2D eigenvalue weighted by atomic mass is 127. The predicted molar refractivity (Wildman–Crippen MR) is 98.7 cm³/mol. The molecule has 0 bridgehead atoms. The number of benzene rings is 1. The lowest BCUT2D eigenvalue weighted by atomic mass is 9.96. The van der Waals surface area contributed by atoms with E-state index in [4.69, 9.17) is 5.73 Å². The van der Waals surface area contributed by atoms with Crippen LogP contribution >= 0.6 is 24.0 Å². The number of alkyl halides is 3. The van der Waals surface area contributed by atoms with Crippen LogP contribution in [0.3, 0.4) is 0 Å². The van der Waals surface area contributed by atoms with E-state index in [0.29, 0.717) is 30.5 Å². The van der Waals surface area contributed by atoms with Gasteiger partial charge in [-0.1, -0.05) is 37.5 Å². The fraction of sp³-hybridized carbons (Fsp3) is 0.562. The molecule has 4 nitrogen and oxygen atoms in total. The first-order chi connectivity index (χ1) is 10.9. The van der Waals surface area contributed by atoms with Crippen molar-refractivity contribution in [2.75, 3.05) is 6.54 Å². The number of rotatable bonds is 5. The Kier molecular flexibility index (Phi) is 8.65. The maximum absolute atomic E-state index is 12.4. The lowest BCUT2D eigenvalue weighted by molar-refractivity contribution is -0.274. The van der Waals surface area contributed by atoms with E-state index >= 15 is 0 Å². The number of hydrogen-bond donors (Lipinski definition) is 2. The van der Waals surface area contributed by atoms with Crippen molar-refractivity contribution >= 4 is 29.9 Å². The molecule has 3 N–H and O–H groups in total. The molecule has 0 heterocycles. The van der Waals surface area contributed by atoms with Crippen LogP contribution in [-0.2, 0) is 6.42 Å². The molecule has 0 spiro atoms. The second-order valence-electron chi connectivity index (χ2n) is 5.65. The Bertz CT molecular complexity index is 532. The van der Waals surface area contributed by atoms with E-state index in [2.05, 4.69) is 15.0 Å². The Morgan fingerprint density at radius 1 is 1.21 bits per heavy atom. The lowest BCUT2D eigenvalue weighted by Gasteiger charge is -2.23. The van der Waals surface area contributed by atoms with E-state index < -0.39 is 6.36 Å². The van der Waals surface area contributed by atoms with E-state index in [1.807, 2.05) is 0 Å². The fourth-order valence-electron chi connectivity index (χ4n) is 2.73. The van der Waals surface area contributed by atoms with Crippen LogP contribution in [0.4, 0.5) is 13.2 Å². The molecular formula is C16H23F3IN3O. The van der Waals surface area contributed by atoms with Crippen LogP contribution in [0, 0.1) is 0 Å². The van der Waals surface area contributed by atoms with Gasteiger partial charge in [-0.15, -0.1) is 37.1 Å². The van der Waals surface area contributed by atoms with Crippen LogP contribution in [0.5, 0.6) is 5.75 Å². The third-order valence-electron chi connectivity index (χ3n) is 3.82. The van der Waals surface area contributed by atoms with Crippen molar-refractivity contribution in [2.24, 2.45) is 10.7 Å².